The molecule has 2 heterocycles. The van der Waals surface area contributed by atoms with Crippen LogP contribution in [0.4, 0.5) is 0 Å². The Bertz CT molecular complexity index is 376. The predicted octanol–water partition coefficient (Wildman–Crippen LogP) is 3.66. The molecule has 3 heteroatoms. The van der Waals surface area contributed by atoms with Gasteiger partial charge in [0.2, 0.25) is 0 Å². The lowest BCUT2D eigenvalue weighted by molar-refractivity contribution is 0.182. The fourth-order valence-corrected chi connectivity index (χ4v) is 4.60. The molecule has 1 aromatic rings. The molecule has 1 saturated heterocycles. The molecule has 3 unspecified atom stereocenters. The van der Waals surface area contributed by atoms with Crippen molar-refractivity contribution in [2.24, 2.45) is 5.92 Å². The number of hydrogen-bond donors (Lipinski definition) is 1. The summed E-state index contributed by atoms with van der Waals surface area (Å²) in [5, 5.41) is 5.84. The monoisotopic (exact) mass is 278 g/mol. The van der Waals surface area contributed by atoms with Crippen molar-refractivity contribution in [3.8, 4) is 0 Å². The van der Waals surface area contributed by atoms with E-state index in [4.69, 9.17) is 0 Å². The van der Waals surface area contributed by atoms with E-state index in [0.717, 1.165) is 18.5 Å². The molecule has 106 valence electrons. The van der Waals surface area contributed by atoms with Crippen molar-refractivity contribution in [1.29, 1.82) is 0 Å². The van der Waals surface area contributed by atoms with E-state index in [9.17, 15) is 0 Å². The van der Waals surface area contributed by atoms with Crippen molar-refractivity contribution < 1.29 is 0 Å². The van der Waals surface area contributed by atoms with Gasteiger partial charge in [0.25, 0.3) is 0 Å². The van der Waals surface area contributed by atoms with E-state index in [-0.39, 0.29) is 0 Å². The summed E-state index contributed by atoms with van der Waals surface area (Å²) in [5.74, 6) is 1.02. The fourth-order valence-electron chi connectivity index (χ4n) is 3.84. The van der Waals surface area contributed by atoms with Crippen molar-refractivity contribution in [2.45, 2.75) is 51.1 Å². The standard InChI is InChI=1S/C16H26N2S/c1-13(16-7-4-12-19-16)17-9-11-18-10-8-14-5-2-3-6-15(14)18/h4,7,12-15,17H,2-3,5-6,8-11H2,1H3. The fraction of sp³-hybridized carbons (Fsp3) is 0.750. The third-order valence-corrected chi connectivity index (χ3v) is 6.00. The highest BCUT2D eigenvalue weighted by molar-refractivity contribution is 7.10. The van der Waals surface area contributed by atoms with Crippen LogP contribution in [0.2, 0.25) is 0 Å². The van der Waals surface area contributed by atoms with Crippen LogP contribution in [-0.2, 0) is 0 Å². The average molecular weight is 278 g/mol. The highest BCUT2D eigenvalue weighted by Crippen LogP contribution is 2.35. The van der Waals surface area contributed by atoms with Gasteiger partial charge in [0.15, 0.2) is 0 Å². The highest BCUT2D eigenvalue weighted by Gasteiger charge is 2.34. The van der Waals surface area contributed by atoms with E-state index in [1.807, 2.05) is 11.3 Å². The summed E-state index contributed by atoms with van der Waals surface area (Å²) in [6, 6.07) is 5.79. The Morgan fingerprint density at radius 2 is 2.26 bits per heavy atom. The molecule has 0 amide bonds. The molecule has 2 nitrogen and oxygen atoms in total. The molecule has 0 radical (unpaired) electrons. The Morgan fingerprint density at radius 1 is 1.37 bits per heavy atom. The summed E-state index contributed by atoms with van der Waals surface area (Å²) in [7, 11) is 0. The van der Waals surface area contributed by atoms with Gasteiger partial charge in [-0.15, -0.1) is 11.3 Å². The van der Waals surface area contributed by atoms with Crippen LogP contribution in [0.3, 0.4) is 0 Å². The van der Waals surface area contributed by atoms with E-state index >= 15 is 0 Å². The molecule has 0 aromatic carbocycles. The third-order valence-electron chi connectivity index (χ3n) is 4.94. The van der Waals surface area contributed by atoms with Crippen LogP contribution in [0.25, 0.3) is 0 Å². The lowest BCUT2D eigenvalue weighted by Crippen LogP contribution is -2.39. The number of nitrogens with zero attached hydrogens (tertiary/aromatic N) is 1. The van der Waals surface area contributed by atoms with Gasteiger partial charge < -0.3 is 5.32 Å². The average Bonchev–Trinajstić information content (AvgIpc) is 3.08. The van der Waals surface area contributed by atoms with Gasteiger partial charge in [0.1, 0.15) is 0 Å². The summed E-state index contributed by atoms with van der Waals surface area (Å²) in [5.41, 5.74) is 0. The first kappa shape index (κ1) is 13.6. The highest BCUT2D eigenvalue weighted by atomic mass is 32.1. The zero-order valence-corrected chi connectivity index (χ0v) is 12.8. The number of hydrogen-bond acceptors (Lipinski definition) is 3. The lowest BCUT2D eigenvalue weighted by atomic mass is 9.85. The predicted molar refractivity (Wildman–Crippen MR) is 82.7 cm³/mol. The van der Waals surface area contributed by atoms with Crippen LogP contribution in [0.15, 0.2) is 17.5 Å². The number of thiophene rings is 1. The molecule has 0 bridgehead atoms. The van der Waals surface area contributed by atoms with Crippen molar-refractivity contribution >= 4 is 11.3 Å². The maximum Gasteiger partial charge on any atom is 0.0386 e. The van der Waals surface area contributed by atoms with Gasteiger partial charge in [-0.25, -0.2) is 0 Å². The molecule has 1 aliphatic carbocycles. The van der Waals surface area contributed by atoms with Gasteiger partial charge in [0.05, 0.1) is 0 Å². The van der Waals surface area contributed by atoms with Crippen LogP contribution in [0.1, 0.15) is 49.9 Å². The van der Waals surface area contributed by atoms with E-state index < -0.39 is 0 Å². The van der Waals surface area contributed by atoms with E-state index in [2.05, 4.69) is 34.7 Å². The molecule has 19 heavy (non-hydrogen) atoms. The molecule has 1 aromatic heterocycles. The second-order valence-electron chi connectivity index (χ2n) is 6.13. The molecular weight excluding hydrogens is 252 g/mol. The first-order valence-electron chi connectivity index (χ1n) is 7.85. The van der Waals surface area contributed by atoms with E-state index in [0.29, 0.717) is 6.04 Å². The molecule has 2 aliphatic rings. The Hall–Kier alpha value is -0.380. The molecule has 1 N–H and O–H groups in total. The van der Waals surface area contributed by atoms with E-state index in [1.54, 1.807) is 0 Å². The minimum Gasteiger partial charge on any atom is -0.308 e. The largest absolute Gasteiger partial charge is 0.308 e. The van der Waals surface area contributed by atoms with Crippen molar-refractivity contribution in [1.82, 2.24) is 10.2 Å². The minimum absolute atomic E-state index is 0.504. The Morgan fingerprint density at radius 3 is 3.11 bits per heavy atom. The van der Waals surface area contributed by atoms with Crippen molar-refractivity contribution in [3.63, 3.8) is 0 Å². The summed E-state index contributed by atoms with van der Waals surface area (Å²) in [6.07, 6.45) is 7.32. The molecule has 1 aliphatic heterocycles. The van der Waals surface area contributed by atoms with Gasteiger partial charge >= 0.3 is 0 Å². The zero-order chi connectivity index (χ0) is 13.1. The third kappa shape index (κ3) is 3.21. The Balaban J connectivity index is 1.43. The first-order chi connectivity index (χ1) is 9.34. The summed E-state index contributed by atoms with van der Waals surface area (Å²) < 4.78 is 0. The summed E-state index contributed by atoms with van der Waals surface area (Å²) in [6.45, 7) is 5.97. The van der Waals surface area contributed by atoms with Crippen LogP contribution in [0, 0.1) is 5.92 Å². The zero-order valence-electron chi connectivity index (χ0n) is 12.0. The molecule has 2 fully saturated rings. The van der Waals surface area contributed by atoms with Gasteiger partial charge in [-0.05, 0) is 50.1 Å². The Labute approximate surface area is 121 Å². The SMILES string of the molecule is CC(NCCN1CCC2CCCCC21)c1cccs1. The van der Waals surface area contributed by atoms with Crippen LogP contribution in [-0.4, -0.2) is 30.6 Å². The normalized spacial score (nSPS) is 29.3. The molecule has 1 saturated carbocycles. The second-order valence-corrected chi connectivity index (χ2v) is 7.11. The molecular formula is C16H26N2S. The number of likely N-dealkylation sites (tertiary alicyclic amines) is 1. The number of fused-ring (bicyclic) bond motifs is 1. The Kier molecular flexibility index (Phi) is 4.57. The molecule has 3 atom stereocenters. The van der Waals surface area contributed by atoms with Gasteiger partial charge in [-0.2, -0.15) is 0 Å². The quantitative estimate of drug-likeness (QED) is 0.884. The molecule has 3 rings (SSSR count). The van der Waals surface area contributed by atoms with Gasteiger partial charge in [-0.3, -0.25) is 4.90 Å². The van der Waals surface area contributed by atoms with Gasteiger partial charge in [-0.1, -0.05) is 18.9 Å². The minimum atomic E-state index is 0.504. The smallest absolute Gasteiger partial charge is 0.0386 e. The number of nitrogens with one attached hydrogen (secondary N) is 1. The van der Waals surface area contributed by atoms with Gasteiger partial charge in [0, 0.05) is 30.1 Å². The van der Waals surface area contributed by atoms with Crippen molar-refractivity contribution in [2.75, 3.05) is 19.6 Å². The second kappa shape index (κ2) is 6.38. The van der Waals surface area contributed by atoms with Crippen LogP contribution in [0.5, 0.6) is 0 Å². The summed E-state index contributed by atoms with van der Waals surface area (Å²) in [4.78, 5) is 4.20. The first-order valence-corrected chi connectivity index (χ1v) is 8.73. The maximum absolute atomic E-state index is 3.68. The molecule has 0 spiro atoms. The maximum atomic E-state index is 3.68. The van der Waals surface area contributed by atoms with Crippen LogP contribution >= 0.6 is 11.3 Å². The van der Waals surface area contributed by atoms with E-state index in [1.165, 1.54) is 50.1 Å². The van der Waals surface area contributed by atoms with Crippen molar-refractivity contribution in [3.05, 3.63) is 22.4 Å². The summed E-state index contributed by atoms with van der Waals surface area (Å²) >= 11 is 1.86. The lowest BCUT2D eigenvalue weighted by Gasteiger charge is -2.32. The number of rotatable bonds is 5. The van der Waals surface area contributed by atoms with Crippen LogP contribution < -0.4 is 5.32 Å². The topological polar surface area (TPSA) is 15.3 Å².